The third kappa shape index (κ3) is 3.52. The summed E-state index contributed by atoms with van der Waals surface area (Å²) in [6, 6.07) is 54.5. The first-order valence-corrected chi connectivity index (χ1v) is 14.3. The lowest BCUT2D eigenvalue weighted by molar-refractivity contribution is 0.669. The highest BCUT2D eigenvalue weighted by Gasteiger charge is 2.14. The molecule has 0 aliphatic rings. The molecule has 0 aliphatic heterocycles. The zero-order chi connectivity index (χ0) is 27.6. The monoisotopic (exact) mass is 535 g/mol. The Bertz CT molecular complexity index is 2460. The van der Waals surface area contributed by atoms with Crippen molar-refractivity contribution in [2.24, 2.45) is 0 Å². The fraction of sp³-hybridized carbons (Fsp3) is 0. The van der Waals surface area contributed by atoms with Crippen LogP contribution >= 0.6 is 0 Å². The van der Waals surface area contributed by atoms with E-state index in [-0.39, 0.29) is 0 Å². The van der Waals surface area contributed by atoms with Gasteiger partial charge in [0.25, 0.3) is 0 Å². The molecule has 2 nitrogen and oxygen atoms in total. The molecule has 0 saturated heterocycles. The number of rotatable bonds is 3. The van der Waals surface area contributed by atoms with E-state index in [4.69, 9.17) is 4.42 Å². The minimum absolute atomic E-state index is 0.924. The Labute approximate surface area is 242 Å². The van der Waals surface area contributed by atoms with Crippen molar-refractivity contribution < 1.29 is 4.42 Å². The topological polar surface area (TPSA) is 18.1 Å². The van der Waals surface area contributed by atoms with E-state index < -0.39 is 0 Å². The summed E-state index contributed by atoms with van der Waals surface area (Å²) in [4.78, 5) is 0. The number of nitrogens with zero attached hydrogens (tertiary/aromatic N) is 1. The molecule has 9 rings (SSSR count). The lowest BCUT2D eigenvalue weighted by atomic mass is 9.98. The van der Waals surface area contributed by atoms with Gasteiger partial charge in [-0.2, -0.15) is 0 Å². The van der Waals surface area contributed by atoms with Crippen LogP contribution in [0.15, 0.2) is 156 Å². The summed E-state index contributed by atoms with van der Waals surface area (Å²) < 4.78 is 8.42. The fourth-order valence-electron chi connectivity index (χ4n) is 6.51. The standard InChI is InChI=1S/C40H25NO/c1-2-8-29-23-32(20-17-26(29)7-1)41-37-11-5-3-9-33(37)35-24-30(18-21-38(35)41)27-13-15-28(16-14-27)31-19-22-40-36(25-31)34-10-4-6-12-39(34)42-40/h1-25H. The van der Waals surface area contributed by atoms with Crippen LogP contribution in [0.2, 0.25) is 0 Å². The van der Waals surface area contributed by atoms with E-state index in [9.17, 15) is 0 Å². The van der Waals surface area contributed by atoms with Gasteiger partial charge in [-0.05, 0) is 81.6 Å². The van der Waals surface area contributed by atoms with Crippen molar-refractivity contribution in [1.82, 2.24) is 4.57 Å². The molecule has 0 unspecified atom stereocenters. The molecule has 0 N–H and O–H groups in total. The summed E-state index contributed by atoms with van der Waals surface area (Å²) in [6.45, 7) is 0. The molecule has 0 amide bonds. The summed E-state index contributed by atoms with van der Waals surface area (Å²) in [6.07, 6.45) is 0. The Morgan fingerprint density at radius 2 is 0.952 bits per heavy atom. The summed E-state index contributed by atoms with van der Waals surface area (Å²) in [7, 11) is 0. The van der Waals surface area contributed by atoms with E-state index in [2.05, 4.69) is 144 Å². The van der Waals surface area contributed by atoms with Crippen molar-refractivity contribution in [3.05, 3.63) is 152 Å². The fourth-order valence-corrected chi connectivity index (χ4v) is 6.51. The molecule has 7 aromatic carbocycles. The van der Waals surface area contributed by atoms with E-state index in [0.717, 1.165) is 21.9 Å². The van der Waals surface area contributed by atoms with E-state index in [1.54, 1.807) is 0 Å². The van der Waals surface area contributed by atoms with Gasteiger partial charge in [0.15, 0.2) is 0 Å². The molecule has 0 saturated carbocycles. The summed E-state index contributed by atoms with van der Waals surface area (Å²) in [5, 5.41) is 7.34. The predicted molar refractivity (Wildman–Crippen MR) is 176 cm³/mol. The van der Waals surface area contributed by atoms with Crippen LogP contribution in [-0.2, 0) is 0 Å². The second-order valence-corrected chi connectivity index (χ2v) is 11.0. The normalized spacial score (nSPS) is 11.8. The Kier molecular flexibility index (Phi) is 4.93. The number of benzene rings is 7. The number of furan rings is 1. The maximum Gasteiger partial charge on any atom is 0.135 e. The molecule has 2 aromatic heterocycles. The highest BCUT2D eigenvalue weighted by molar-refractivity contribution is 6.11. The Morgan fingerprint density at radius 3 is 1.79 bits per heavy atom. The van der Waals surface area contributed by atoms with E-state index in [0.29, 0.717) is 0 Å². The smallest absolute Gasteiger partial charge is 0.135 e. The first-order valence-electron chi connectivity index (χ1n) is 14.3. The molecule has 0 aliphatic carbocycles. The summed E-state index contributed by atoms with van der Waals surface area (Å²) in [5.74, 6) is 0. The van der Waals surface area contributed by atoms with Crippen molar-refractivity contribution in [1.29, 1.82) is 0 Å². The van der Waals surface area contributed by atoms with Crippen LogP contribution < -0.4 is 0 Å². The van der Waals surface area contributed by atoms with Crippen molar-refractivity contribution in [3.8, 4) is 27.9 Å². The van der Waals surface area contributed by atoms with Crippen molar-refractivity contribution >= 4 is 54.5 Å². The number of aromatic nitrogens is 1. The third-order valence-electron chi connectivity index (χ3n) is 8.59. The molecule has 0 fully saturated rings. The van der Waals surface area contributed by atoms with Gasteiger partial charge >= 0.3 is 0 Å². The molecule has 0 bridgehead atoms. The number of hydrogen-bond acceptors (Lipinski definition) is 1. The molecule has 42 heavy (non-hydrogen) atoms. The van der Waals surface area contributed by atoms with Gasteiger partial charge in [-0.1, -0.05) is 103 Å². The first kappa shape index (κ1) is 23.1. The van der Waals surface area contributed by atoms with E-state index >= 15 is 0 Å². The highest BCUT2D eigenvalue weighted by Crippen LogP contribution is 2.37. The van der Waals surface area contributed by atoms with Gasteiger partial charge in [0.05, 0.1) is 11.0 Å². The van der Waals surface area contributed by atoms with Crippen LogP contribution in [0.5, 0.6) is 0 Å². The van der Waals surface area contributed by atoms with Crippen LogP contribution in [0, 0.1) is 0 Å². The summed E-state index contributed by atoms with van der Waals surface area (Å²) >= 11 is 0. The quantitative estimate of drug-likeness (QED) is 0.220. The number of para-hydroxylation sites is 2. The van der Waals surface area contributed by atoms with E-state index in [1.807, 2.05) is 12.1 Å². The largest absolute Gasteiger partial charge is 0.456 e. The van der Waals surface area contributed by atoms with Gasteiger partial charge < -0.3 is 8.98 Å². The lowest BCUT2D eigenvalue weighted by Gasteiger charge is -2.10. The molecule has 9 aromatic rings. The lowest BCUT2D eigenvalue weighted by Crippen LogP contribution is -1.93. The van der Waals surface area contributed by atoms with Crippen LogP contribution in [0.25, 0.3) is 82.5 Å². The van der Waals surface area contributed by atoms with Gasteiger partial charge in [0, 0.05) is 27.2 Å². The molecule has 0 spiro atoms. The molecule has 0 radical (unpaired) electrons. The van der Waals surface area contributed by atoms with Crippen LogP contribution in [-0.4, -0.2) is 4.57 Å². The zero-order valence-corrected chi connectivity index (χ0v) is 22.8. The number of fused-ring (bicyclic) bond motifs is 7. The maximum atomic E-state index is 6.03. The molecule has 196 valence electrons. The summed E-state index contributed by atoms with van der Waals surface area (Å²) in [5.41, 5.74) is 10.3. The minimum Gasteiger partial charge on any atom is -0.456 e. The highest BCUT2D eigenvalue weighted by atomic mass is 16.3. The maximum absolute atomic E-state index is 6.03. The Balaban J connectivity index is 1.14. The van der Waals surface area contributed by atoms with Gasteiger partial charge in [0.1, 0.15) is 11.2 Å². The second kappa shape index (κ2) is 8.95. The van der Waals surface area contributed by atoms with Gasteiger partial charge in [-0.3, -0.25) is 0 Å². The van der Waals surface area contributed by atoms with Gasteiger partial charge in [0.2, 0.25) is 0 Å². The molecule has 0 atom stereocenters. The third-order valence-corrected chi connectivity index (χ3v) is 8.59. The molecule has 2 heteroatoms. The predicted octanol–water partition coefficient (Wildman–Crippen LogP) is 11.2. The second-order valence-electron chi connectivity index (χ2n) is 11.0. The minimum atomic E-state index is 0.924. The Hall–Kier alpha value is -5.60. The average molecular weight is 536 g/mol. The van der Waals surface area contributed by atoms with Crippen LogP contribution in [0.1, 0.15) is 0 Å². The first-order chi connectivity index (χ1) is 20.8. The molecular weight excluding hydrogens is 510 g/mol. The van der Waals surface area contributed by atoms with Crippen molar-refractivity contribution in [3.63, 3.8) is 0 Å². The van der Waals surface area contributed by atoms with Crippen molar-refractivity contribution in [2.75, 3.05) is 0 Å². The molecule has 2 heterocycles. The SMILES string of the molecule is c1ccc2cc(-n3c4ccccc4c4cc(-c5ccc(-c6ccc7oc8ccccc8c7c6)cc5)ccc43)ccc2c1. The number of hydrogen-bond donors (Lipinski definition) is 0. The van der Waals surface area contributed by atoms with Crippen molar-refractivity contribution in [2.45, 2.75) is 0 Å². The van der Waals surface area contributed by atoms with Crippen LogP contribution in [0.4, 0.5) is 0 Å². The Morgan fingerprint density at radius 1 is 0.357 bits per heavy atom. The van der Waals surface area contributed by atoms with Gasteiger partial charge in [-0.25, -0.2) is 0 Å². The average Bonchev–Trinajstić information content (AvgIpc) is 3.59. The molecular formula is C40H25NO. The van der Waals surface area contributed by atoms with Crippen LogP contribution in [0.3, 0.4) is 0 Å². The van der Waals surface area contributed by atoms with E-state index in [1.165, 1.54) is 60.5 Å². The zero-order valence-electron chi connectivity index (χ0n) is 22.8. The van der Waals surface area contributed by atoms with Gasteiger partial charge in [-0.15, -0.1) is 0 Å².